The minimum atomic E-state index is -0.973. The van der Waals surface area contributed by atoms with E-state index < -0.39 is 5.97 Å². The van der Waals surface area contributed by atoms with Crippen LogP contribution in [0.1, 0.15) is 52.0 Å². The molecule has 2 aromatic heterocycles. The van der Waals surface area contributed by atoms with Crippen LogP contribution in [-0.4, -0.2) is 54.9 Å². The number of ether oxygens (including phenoxy) is 3. The van der Waals surface area contributed by atoms with E-state index in [1.165, 1.54) is 29.8 Å². The average Bonchev–Trinajstić information content (AvgIpc) is 3.53. The Morgan fingerprint density at radius 2 is 1.17 bits per heavy atom. The SMILES string of the molecule is CCOC(=O)CCC(=O)c1cc2cc(Cl)c(OC)cc2s1.COc1cc2sc(C(=O)CCC(=O)O)cc2cc1Cl.[Li+].[OH-]. The van der Waals surface area contributed by atoms with E-state index in [1.54, 1.807) is 44.4 Å². The van der Waals surface area contributed by atoms with Gasteiger partial charge in [-0.15, -0.1) is 22.7 Å². The van der Waals surface area contributed by atoms with Gasteiger partial charge in [-0.25, -0.2) is 0 Å². The Labute approximate surface area is 272 Å². The van der Waals surface area contributed by atoms with Crippen molar-refractivity contribution in [2.24, 2.45) is 0 Å². The van der Waals surface area contributed by atoms with Gasteiger partial charge in [-0.05, 0) is 54.1 Å². The first kappa shape index (κ1) is 37.4. The van der Waals surface area contributed by atoms with Crippen molar-refractivity contribution >= 4 is 89.6 Å². The fourth-order valence-electron chi connectivity index (χ4n) is 3.58. The molecule has 0 aliphatic carbocycles. The molecule has 42 heavy (non-hydrogen) atoms. The number of Topliss-reactive ketones (excluding diaryl/α,β-unsaturated/α-hetero) is 2. The Kier molecular flexibility index (Phi) is 15.6. The van der Waals surface area contributed by atoms with E-state index in [4.69, 9.17) is 42.5 Å². The van der Waals surface area contributed by atoms with Gasteiger partial charge in [0, 0.05) is 22.2 Å². The Balaban J connectivity index is 0.000000403. The summed E-state index contributed by atoms with van der Waals surface area (Å²) in [6, 6.07) is 10.6. The van der Waals surface area contributed by atoms with Gasteiger partial charge in [0.05, 0.1) is 53.5 Å². The number of carbonyl (C=O) groups is 4. The van der Waals surface area contributed by atoms with Crippen molar-refractivity contribution in [3.05, 3.63) is 56.2 Å². The second kappa shape index (κ2) is 17.5. The number of rotatable bonds is 11. The summed E-state index contributed by atoms with van der Waals surface area (Å²) in [5, 5.41) is 11.3. The predicted octanol–water partition coefficient (Wildman–Crippen LogP) is 4.53. The van der Waals surface area contributed by atoms with E-state index in [1.807, 2.05) is 6.07 Å². The number of halogens is 2. The molecule has 2 N–H and O–H groups in total. The number of carbonyl (C=O) groups excluding carboxylic acids is 3. The minimum absolute atomic E-state index is 0. The molecule has 4 aromatic rings. The van der Waals surface area contributed by atoms with Crippen LogP contribution in [-0.2, 0) is 14.3 Å². The number of hydrogen-bond donors (Lipinski definition) is 1. The van der Waals surface area contributed by atoms with Gasteiger partial charge in [-0.3, -0.25) is 19.2 Å². The monoisotopic (exact) mass is 648 g/mol. The molecule has 0 fully saturated rings. The molecule has 0 saturated heterocycles. The minimum Gasteiger partial charge on any atom is -0.870 e. The molecule has 0 spiro atoms. The average molecular weight is 649 g/mol. The first-order chi connectivity index (χ1) is 19.1. The van der Waals surface area contributed by atoms with E-state index in [0.29, 0.717) is 37.9 Å². The summed E-state index contributed by atoms with van der Waals surface area (Å²) in [5.74, 6) is -0.425. The van der Waals surface area contributed by atoms with Crippen LogP contribution >= 0.6 is 45.9 Å². The zero-order valence-electron chi connectivity index (χ0n) is 23.3. The van der Waals surface area contributed by atoms with Crippen molar-refractivity contribution in [3.8, 4) is 11.5 Å². The maximum atomic E-state index is 12.1. The molecule has 0 aliphatic heterocycles. The molecule has 2 heterocycles. The number of fused-ring (bicyclic) bond motifs is 2. The van der Waals surface area contributed by atoms with E-state index >= 15 is 0 Å². The number of esters is 1. The molecular weight excluding hydrogens is 622 g/mol. The van der Waals surface area contributed by atoms with Gasteiger partial charge in [0.2, 0.25) is 0 Å². The van der Waals surface area contributed by atoms with E-state index in [-0.39, 0.29) is 67.6 Å². The maximum absolute atomic E-state index is 12.1. The van der Waals surface area contributed by atoms with Crippen LogP contribution in [0, 0.1) is 0 Å². The third kappa shape index (κ3) is 9.99. The summed E-state index contributed by atoms with van der Waals surface area (Å²) in [5.41, 5.74) is 0. The summed E-state index contributed by atoms with van der Waals surface area (Å²) in [6.07, 6.45) is 0.103. The zero-order chi connectivity index (χ0) is 29.4. The van der Waals surface area contributed by atoms with Crippen LogP contribution in [0.25, 0.3) is 20.2 Å². The number of methoxy groups -OCH3 is 2. The third-order valence-electron chi connectivity index (χ3n) is 5.56. The third-order valence-corrected chi connectivity index (χ3v) is 8.43. The standard InChI is InChI=1S/C15H15ClO4S.C13H11ClO4S.Li.H2O/c1-3-20-15(18)5-4-11(17)14-7-9-6-10(16)12(19-2)8-13(9)21-14;1-18-10-6-11-7(4-8(10)14)5-12(19-11)9(15)2-3-13(16)17;;/h6-8H,3-5H2,1-2H3;4-6H,2-3H2,1H3,(H,16,17);;1H2/q;;+1;/p-1. The summed E-state index contributed by atoms with van der Waals surface area (Å²) in [4.78, 5) is 46.8. The quantitative estimate of drug-likeness (QED) is 0.141. The second-order valence-corrected chi connectivity index (χ2v) is 11.3. The van der Waals surface area contributed by atoms with Crippen molar-refractivity contribution in [3.63, 3.8) is 0 Å². The normalized spacial score (nSPS) is 10.1. The van der Waals surface area contributed by atoms with Gasteiger partial charge in [0.15, 0.2) is 11.6 Å². The molecule has 0 bridgehead atoms. The Bertz CT molecular complexity index is 1570. The summed E-state index contributed by atoms with van der Waals surface area (Å²) >= 11 is 14.8. The molecule has 0 radical (unpaired) electrons. The van der Waals surface area contributed by atoms with Gasteiger partial charge in [0.1, 0.15) is 11.5 Å². The number of ketones is 2. The van der Waals surface area contributed by atoms with Crippen LogP contribution in [0.4, 0.5) is 0 Å². The van der Waals surface area contributed by atoms with Crippen molar-refractivity contribution in [2.75, 3.05) is 20.8 Å². The van der Waals surface area contributed by atoms with Crippen molar-refractivity contribution in [1.29, 1.82) is 0 Å². The van der Waals surface area contributed by atoms with Crippen LogP contribution < -0.4 is 28.3 Å². The molecule has 0 atom stereocenters. The van der Waals surface area contributed by atoms with Gasteiger partial charge in [-0.2, -0.15) is 0 Å². The number of benzene rings is 2. The van der Waals surface area contributed by atoms with Crippen LogP contribution in [0.5, 0.6) is 11.5 Å². The molecule has 2 aromatic carbocycles. The van der Waals surface area contributed by atoms with Crippen LogP contribution in [0.15, 0.2) is 36.4 Å². The van der Waals surface area contributed by atoms with E-state index in [2.05, 4.69) is 0 Å². The molecule has 0 aliphatic rings. The van der Waals surface area contributed by atoms with Crippen molar-refractivity contribution in [2.45, 2.75) is 32.6 Å². The molecule has 4 rings (SSSR count). The Morgan fingerprint density at radius 3 is 1.55 bits per heavy atom. The molecule has 0 unspecified atom stereocenters. The van der Waals surface area contributed by atoms with Crippen molar-refractivity contribution < 1.29 is 62.8 Å². The van der Waals surface area contributed by atoms with Gasteiger partial charge < -0.3 is 24.8 Å². The van der Waals surface area contributed by atoms with E-state index in [0.717, 1.165) is 20.2 Å². The molecular formula is C28H27Cl2LiO9S2. The van der Waals surface area contributed by atoms with Gasteiger partial charge >= 0.3 is 30.8 Å². The first-order valence-corrected chi connectivity index (χ1v) is 14.4. The predicted molar refractivity (Wildman–Crippen MR) is 160 cm³/mol. The largest absolute Gasteiger partial charge is 1.00 e. The van der Waals surface area contributed by atoms with Crippen LogP contribution in [0.3, 0.4) is 0 Å². The number of aliphatic carboxylic acids is 1. The summed E-state index contributed by atoms with van der Waals surface area (Å²) in [7, 11) is 3.08. The molecule has 0 amide bonds. The maximum Gasteiger partial charge on any atom is 1.00 e. The van der Waals surface area contributed by atoms with E-state index in [9.17, 15) is 19.2 Å². The van der Waals surface area contributed by atoms with Crippen LogP contribution in [0.2, 0.25) is 10.0 Å². The van der Waals surface area contributed by atoms with Gasteiger partial charge in [0.25, 0.3) is 0 Å². The molecule has 9 nitrogen and oxygen atoms in total. The first-order valence-electron chi connectivity index (χ1n) is 12.0. The fraction of sp³-hybridized carbons (Fsp3) is 0.286. The Hall–Kier alpha value is -2.62. The van der Waals surface area contributed by atoms with Gasteiger partial charge in [-0.1, -0.05) is 23.2 Å². The molecule has 14 heteroatoms. The molecule has 220 valence electrons. The smallest absolute Gasteiger partial charge is 0.870 e. The fourth-order valence-corrected chi connectivity index (χ4v) is 6.16. The second-order valence-electron chi connectivity index (χ2n) is 8.32. The number of thiophene rings is 2. The zero-order valence-corrected chi connectivity index (χ0v) is 26.5. The number of carboxylic acid groups (broad SMARTS) is 1. The van der Waals surface area contributed by atoms with Crippen molar-refractivity contribution in [1.82, 2.24) is 0 Å². The Morgan fingerprint density at radius 1 is 0.738 bits per heavy atom. The molecule has 0 saturated carbocycles. The summed E-state index contributed by atoms with van der Waals surface area (Å²) < 4.78 is 16.9. The summed E-state index contributed by atoms with van der Waals surface area (Å²) in [6.45, 7) is 2.07. The topological polar surface area (TPSA) is 146 Å². The number of hydrogen-bond acceptors (Lipinski definition) is 10. The number of carboxylic acids is 1.